The molecule has 0 rings (SSSR count). The molecule has 74 valence electrons. The number of alkyl halides is 2. The Hall–Kier alpha value is -0.577. The van der Waals surface area contributed by atoms with Gasteiger partial charge in [-0.15, -0.1) is 0 Å². The Morgan fingerprint density at radius 1 is 1.00 bits per heavy atom. The van der Waals surface area contributed by atoms with Crippen molar-refractivity contribution in [2.75, 3.05) is 0 Å². The number of carbonyl (C=O) groups is 2. The molecule has 2 unspecified atom stereocenters. The van der Waals surface area contributed by atoms with Crippen LogP contribution in [-0.4, -0.2) is 34.5 Å². The van der Waals surface area contributed by atoms with Gasteiger partial charge in [0.2, 0.25) is 0 Å². The van der Waals surface area contributed by atoms with Crippen LogP contribution in [0.15, 0.2) is 0 Å². The molecule has 0 aliphatic carbocycles. The smallest absolute Gasteiger partial charge is 0.337 e. The number of aliphatic carboxylic acids is 2. The van der Waals surface area contributed by atoms with Gasteiger partial charge in [-0.05, 0) is 13.8 Å². The van der Waals surface area contributed by atoms with Crippen molar-refractivity contribution in [1.29, 1.82) is 0 Å². The van der Waals surface area contributed by atoms with Crippen LogP contribution in [0.25, 0.3) is 0 Å². The molecule has 0 saturated carbocycles. The maximum Gasteiger partial charge on any atom is 0.337 e. The fraction of sp³-hybridized carbons (Fsp3) is 0.667. The second-order valence-electron chi connectivity index (χ2n) is 1.91. The summed E-state index contributed by atoms with van der Waals surface area (Å²) in [5, 5.41) is 15.2. The van der Waals surface area contributed by atoms with Crippen LogP contribution in [0.3, 0.4) is 0 Å². The van der Waals surface area contributed by atoms with E-state index >= 15 is 0 Å². The monoisotopic (exact) mass is 248 g/mol. The van der Waals surface area contributed by atoms with Crippen molar-refractivity contribution >= 4 is 11.9 Å². The Labute approximate surface area is 86.7 Å². The van der Waals surface area contributed by atoms with Gasteiger partial charge in [0.1, 0.15) is 0 Å². The third-order valence-corrected chi connectivity index (χ3v) is 0.681. The Kier molecular flexibility index (Phi) is 13.4. The van der Waals surface area contributed by atoms with Crippen LogP contribution in [0.5, 0.6) is 0 Å². The van der Waals surface area contributed by atoms with E-state index in [0.717, 1.165) is 13.8 Å². The molecular weight excluding hydrogens is 239 g/mol. The molecule has 0 heterocycles. The summed E-state index contributed by atoms with van der Waals surface area (Å²) >= 11 is 0. The van der Waals surface area contributed by atoms with Crippen LogP contribution < -0.4 is 0 Å². The number of rotatable bonds is 2. The van der Waals surface area contributed by atoms with Gasteiger partial charge < -0.3 is 10.2 Å². The summed E-state index contributed by atoms with van der Waals surface area (Å²) < 4.78 is 22.4. The Morgan fingerprint density at radius 2 is 1.08 bits per heavy atom. The van der Waals surface area contributed by atoms with Gasteiger partial charge in [-0.25, -0.2) is 18.4 Å². The van der Waals surface area contributed by atoms with E-state index in [2.05, 4.69) is 0 Å². The number of hydrogen-bond acceptors (Lipinski definition) is 2. The fourth-order valence-electron chi connectivity index (χ4n) is 0. The Balaban J connectivity index is -0.000000143. The van der Waals surface area contributed by atoms with Gasteiger partial charge in [0.15, 0.2) is 12.3 Å². The summed E-state index contributed by atoms with van der Waals surface area (Å²) in [5.74, 6) is -2.81. The molecule has 0 saturated heterocycles. The van der Waals surface area contributed by atoms with Gasteiger partial charge in [-0.3, -0.25) is 0 Å². The molecule has 0 amide bonds. The van der Waals surface area contributed by atoms with Gasteiger partial charge >= 0.3 is 11.9 Å². The predicted octanol–water partition coefficient (Wildman–Crippen LogP) is 0.856. The average molecular weight is 250 g/mol. The van der Waals surface area contributed by atoms with Crippen LogP contribution in [0, 0.1) is 0 Å². The van der Waals surface area contributed by atoms with Crippen LogP contribution in [0.1, 0.15) is 13.8 Å². The summed E-state index contributed by atoms with van der Waals surface area (Å²) in [7, 11) is 0. The van der Waals surface area contributed by atoms with E-state index in [1.165, 1.54) is 0 Å². The van der Waals surface area contributed by atoms with Crippen LogP contribution in [0.2, 0.25) is 0 Å². The van der Waals surface area contributed by atoms with E-state index in [1.54, 1.807) is 0 Å². The van der Waals surface area contributed by atoms with E-state index < -0.39 is 24.3 Å². The molecule has 0 aromatic carbocycles. The van der Waals surface area contributed by atoms with Crippen molar-refractivity contribution in [2.45, 2.75) is 26.2 Å². The number of carboxylic acids is 2. The molecule has 0 fully saturated rings. The van der Waals surface area contributed by atoms with Gasteiger partial charge in [-0.2, -0.15) is 0 Å². The van der Waals surface area contributed by atoms with Gasteiger partial charge in [-0.1, -0.05) is 0 Å². The van der Waals surface area contributed by atoms with E-state index in [-0.39, 0.29) is 19.5 Å². The van der Waals surface area contributed by atoms with Crippen molar-refractivity contribution in [3.63, 3.8) is 0 Å². The van der Waals surface area contributed by atoms with Crippen molar-refractivity contribution in [3.05, 3.63) is 0 Å². The molecular formula is C6H10F2O4Zn. The third-order valence-electron chi connectivity index (χ3n) is 0.681. The minimum absolute atomic E-state index is 0. The van der Waals surface area contributed by atoms with Crippen molar-refractivity contribution in [2.24, 2.45) is 0 Å². The zero-order valence-corrected chi connectivity index (χ0v) is 10.3. The predicted molar refractivity (Wildman–Crippen MR) is 36.4 cm³/mol. The van der Waals surface area contributed by atoms with Gasteiger partial charge in [0.25, 0.3) is 0 Å². The first kappa shape index (κ1) is 18.3. The molecule has 0 aliphatic rings. The van der Waals surface area contributed by atoms with Crippen molar-refractivity contribution < 1.29 is 48.1 Å². The number of hydrogen-bond donors (Lipinski definition) is 2. The van der Waals surface area contributed by atoms with E-state index in [0.29, 0.717) is 0 Å². The van der Waals surface area contributed by atoms with E-state index in [9.17, 15) is 18.4 Å². The largest absolute Gasteiger partial charge is 0.479 e. The van der Waals surface area contributed by atoms with E-state index in [1.807, 2.05) is 0 Å². The molecule has 0 aromatic heterocycles. The first-order valence-electron chi connectivity index (χ1n) is 3.02. The molecule has 7 heteroatoms. The fourth-order valence-corrected chi connectivity index (χ4v) is 0. The topological polar surface area (TPSA) is 74.6 Å². The molecule has 4 nitrogen and oxygen atoms in total. The molecule has 0 bridgehead atoms. The quantitative estimate of drug-likeness (QED) is 0.712. The average Bonchev–Trinajstić information content (AvgIpc) is 1.88. The summed E-state index contributed by atoms with van der Waals surface area (Å²) in [4.78, 5) is 18.6. The first-order valence-corrected chi connectivity index (χ1v) is 3.02. The Morgan fingerprint density at radius 3 is 1.08 bits per heavy atom. The summed E-state index contributed by atoms with van der Waals surface area (Å²) in [6, 6.07) is 0. The SMILES string of the molecule is CC(F)C(=O)O.CC(F)C(=O)O.[Zn]. The molecule has 2 N–H and O–H groups in total. The third kappa shape index (κ3) is 18.4. The standard InChI is InChI=1S/2C3H5FO2.Zn/c2*1-2(4)3(5)6;/h2*2H,1H3,(H,5,6);. The normalized spacial score (nSPS) is 12.6. The molecule has 0 aliphatic heterocycles. The minimum Gasteiger partial charge on any atom is -0.479 e. The van der Waals surface area contributed by atoms with Gasteiger partial charge in [0.05, 0.1) is 0 Å². The van der Waals surface area contributed by atoms with E-state index in [4.69, 9.17) is 10.2 Å². The maximum absolute atomic E-state index is 11.2. The number of halogens is 2. The maximum atomic E-state index is 11.2. The minimum atomic E-state index is -1.73. The van der Waals surface area contributed by atoms with Gasteiger partial charge in [0, 0.05) is 19.5 Å². The second-order valence-corrected chi connectivity index (χ2v) is 1.91. The molecule has 13 heavy (non-hydrogen) atoms. The summed E-state index contributed by atoms with van der Waals surface area (Å²) in [6.07, 6.45) is -3.46. The molecule has 0 radical (unpaired) electrons. The van der Waals surface area contributed by atoms with Crippen molar-refractivity contribution in [3.8, 4) is 0 Å². The Bertz CT molecular complexity index is 143. The summed E-state index contributed by atoms with van der Waals surface area (Å²) in [5.41, 5.74) is 0. The summed E-state index contributed by atoms with van der Waals surface area (Å²) in [6.45, 7) is 1.95. The zero-order chi connectivity index (χ0) is 10.3. The second kappa shape index (κ2) is 9.51. The molecule has 0 aromatic rings. The van der Waals surface area contributed by atoms with Crippen LogP contribution in [0.4, 0.5) is 8.78 Å². The van der Waals surface area contributed by atoms with Crippen LogP contribution >= 0.6 is 0 Å². The first-order chi connectivity index (χ1) is 5.29. The zero-order valence-electron chi connectivity index (χ0n) is 7.33. The van der Waals surface area contributed by atoms with Crippen molar-refractivity contribution in [1.82, 2.24) is 0 Å². The number of carboxylic acid groups (broad SMARTS) is 2. The molecule has 2 atom stereocenters. The van der Waals surface area contributed by atoms with Crippen LogP contribution in [-0.2, 0) is 29.1 Å². The molecule has 0 spiro atoms.